The summed E-state index contributed by atoms with van der Waals surface area (Å²) in [5.41, 5.74) is 2.32. The Bertz CT molecular complexity index is 856. The number of aryl methyl sites for hydroxylation is 1. The van der Waals surface area contributed by atoms with Crippen molar-refractivity contribution in [1.82, 2.24) is 4.57 Å². The molecule has 5 nitrogen and oxygen atoms in total. The number of hydrogen-bond acceptors (Lipinski definition) is 3. The molecule has 0 aliphatic carbocycles. The lowest BCUT2D eigenvalue weighted by atomic mass is 10.3. The van der Waals surface area contributed by atoms with E-state index in [1.165, 1.54) is 11.3 Å². The SMILES string of the molecule is CCCc1n(C[C@H](O)COc2ccc(OC)cc2)c2ccccc2[n+]1C. The van der Waals surface area contributed by atoms with Crippen LogP contribution in [-0.2, 0) is 20.0 Å². The van der Waals surface area contributed by atoms with E-state index < -0.39 is 6.10 Å². The third kappa shape index (κ3) is 3.83. The van der Waals surface area contributed by atoms with Gasteiger partial charge < -0.3 is 14.6 Å². The van der Waals surface area contributed by atoms with E-state index in [-0.39, 0.29) is 6.61 Å². The van der Waals surface area contributed by atoms with Crippen molar-refractivity contribution in [2.45, 2.75) is 32.4 Å². The summed E-state index contributed by atoms with van der Waals surface area (Å²) < 4.78 is 15.3. The highest BCUT2D eigenvalue weighted by atomic mass is 16.5. The number of para-hydroxylation sites is 2. The second-order valence-corrected chi connectivity index (χ2v) is 6.46. The summed E-state index contributed by atoms with van der Waals surface area (Å²) >= 11 is 0. The standard InChI is InChI=1S/C21H27N2O3/c1-4-7-21-22(2)19-8-5-6-9-20(19)23(21)14-16(24)15-26-18-12-10-17(25-3)11-13-18/h5-6,8-13,16,24H,4,7,14-15H2,1-3H3/q+1/t16-/m0/s1. The number of benzene rings is 2. The van der Waals surface area contributed by atoms with Crippen molar-refractivity contribution < 1.29 is 19.1 Å². The number of methoxy groups -OCH3 is 1. The average Bonchev–Trinajstić information content (AvgIpc) is 2.93. The number of rotatable bonds is 8. The molecule has 0 bridgehead atoms. The molecular formula is C21H27N2O3+. The number of hydrogen-bond donors (Lipinski definition) is 1. The number of ether oxygens (including phenoxy) is 2. The first-order valence-corrected chi connectivity index (χ1v) is 9.05. The van der Waals surface area contributed by atoms with Crippen molar-refractivity contribution in [3.8, 4) is 11.5 Å². The fourth-order valence-corrected chi connectivity index (χ4v) is 3.29. The Balaban J connectivity index is 1.73. The summed E-state index contributed by atoms with van der Waals surface area (Å²) in [7, 11) is 3.72. The molecule has 1 aromatic heterocycles. The Morgan fingerprint density at radius 3 is 2.46 bits per heavy atom. The van der Waals surface area contributed by atoms with Crippen LogP contribution in [0.2, 0.25) is 0 Å². The van der Waals surface area contributed by atoms with Gasteiger partial charge in [0, 0.05) is 6.42 Å². The fraction of sp³-hybridized carbons (Fsp3) is 0.381. The first-order chi connectivity index (χ1) is 12.6. The van der Waals surface area contributed by atoms with Crippen LogP contribution in [0.25, 0.3) is 11.0 Å². The third-order valence-electron chi connectivity index (χ3n) is 4.60. The molecule has 5 heteroatoms. The van der Waals surface area contributed by atoms with Gasteiger partial charge in [0.1, 0.15) is 30.8 Å². The van der Waals surface area contributed by atoms with Crippen LogP contribution < -0.4 is 14.0 Å². The minimum atomic E-state index is -0.594. The molecule has 3 aromatic rings. The summed E-state index contributed by atoms with van der Waals surface area (Å²) in [6, 6.07) is 15.7. The van der Waals surface area contributed by atoms with Gasteiger partial charge in [-0.2, -0.15) is 0 Å². The van der Waals surface area contributed by atoms with Crippen molar-refractivity contribution in [3.05, 3.63) is 54.4 Å². The fourth-order valence-electron chi connectivity index (χ4n) is 3.29. The minimum Gasteiger partial charge on any atom is -0.497 e. The molecule has 0 unspecified atom stereocenters. The third-order valence-corrected chi connectivity index (χ3v) is 4.60. The highest BCUT2D eigenvalue weighted by molar-refractivity contribution is 5.72. The molecule has 2 aromatic carbocycles. The zero-order chi connectivity index (χ0) is 18.5. The van der Waals surface area contributed by atoms with Gasteiger partial charge in [-0.25, -0.2) is 9.13 Å². The predicted molar refractivity (Wildman–Crippen MR) is 102 cm³/mol. The molecule has 0 saturated heterocycles. The van der Waals surface area contributed by atoms with E-state index in [4.69, 9.17) is 9.47 Å². The Morgan fingerprint density at radius 1 is 1.08 bits per heavy atom. The quantitative estimate of drug-likeness (QED) is 0.632. The van der Waals surface area contributed by atoms with Gasteiger partial charge in [-0.1, -0.05) is 19.1 Å². The molecule has 1 N–H and O–H groups in total. The van der Waals surface area contributed by atoms with Crippen molar-refractivity contribution in [2.24, 2.45) is 7.05 Å². The van der Waals surface area contributed by atoms with Crippen molar-refractivity contribution in [1.29, 1.82) is 0 Å². The lowest BCUT2D eigenvalue weighted by molar-refractivity contribution is -0.654. The number of nitrogens with zero attached hydrogens (tertiary/aromatic N) is 2. The van der Waals surface area contributed by atoms with Gasteiger partial charge >= 0.3 is 0 Å². The smallest absolute Gasteiger partial charge is 0.257 e. The molecule has 0 saturated carbocycles. The molecule has 1 atom stereocenters. The summed E-state index contributed by atoms with van der Waals surface area (Å²) in [5, 5.41) is 10.5. The Hall–Kier alpha value is -2.53. The first-order valence-electron chi connectivity index (χ1n) is 9.05. The summed E-state index contributed by atoms with van der Waals surface area (Å²) in [4.78, 5) is 0. The van der Waals surface area contributed by atoms with Crippen LogP contribution in [0.4, 0.5) is 0 Å². The molecule has 26 heavy (non-hydrogen) atoms. The molecule has 0 aliphatic rings. The zero-order valence-corrected chi connectivity index (χ0v) is 15.7. The maximum Gasteiger partial charge on any atom is 0.257 e. The summed E-state index contributed by atoms with van der Waals surface area (Å²) in [6.45, 7) is 2.92. The molecule has 1 heterocycles. The number of fused-ring (bicyclic) bond motifs is 1. The lowest BCUT2D eigenvalue weighted by Crippen LogP contribution is -2.34. The van der Waals surface area contributed by atoms with E-state index in [0.717, 1.165) is 29.9 Å². The predicted octanol–water partition coefficient (Wildman–Crippen LogP) is 2.87. The van der Waals surface area contributed by atoms with E-state index in [2.05, 4.69) is 35.2 Å². The largest absolute Gasteiger partial charge is 0.497 e. The highest BCUT2D eigenvalue weighted by Gasteiger charge is 2.23. The topological polar surface area (TPSA) is 47.5 Å². The minimum absolute atomic E-state index is 0.244. The Morgan fingerprint density at radius 2 is 1.77 bits per heavy atom. The van der Waals surface area contributed by atoms with E-state index in [9.17, 15) is 5.11 Å². The van der Waals surface area contributed by atoms with Gasteiger partial charge in [0.15, 0.2) is 11.0 Å². The molecule has 138 valence electrons. The van der Waals surface area contributed by atoms with E-state index in [1.807, 2.05) is 36.4 Å². The first kappa shape index (κ1) is 18.3. The van der Waals surface area contributed by atoms with Crippen LogP contribution in [0.1, 0.15) is 19.2 Å². The average molecular weight is 355 g/mol. The number of aliphatic hydroxyl groups excluding tert-OH is 1. The van der Waals surface area contributed by atoms with Gasteiger partial charge in [-0.05, 0) is 42.8 Å². The summed E-state index contributed by atoms with van der Waals surface area (Å²) in [6.07, 6.45) is 1.43. The number of aromatic nitrogens is 2. The van der Waals surface area contributed by atoms with Crippen LogP contribution >= 0.6 is 0 Å². The molecule has 0 radical (unpaired) electrons. The van der Waals surface area contributed by atoms with Crippen molar-refractivity contribution in [3.63, 3.8) is 0 Å². The van der Waals surface area contributed by atoms with Gasteiger partial charge in [0.2, 0.25) is 0 Å². The van der Waals surface area contributed by atoms with Gasteiger partial charge in [0.25, 0.3) is 5.82 Å². The van der Waals surface area contributed by atoms with Crippen LogP contribution in [-0.4, -0.2) is 29.5 Å². The van der Waals surface area contributed by atoms with E-state index >= 15 is 0 Å². The van der Waals surface area contributed by atoms with Crippen LogP contribution in [0.3, 0.4) is 0 Å². The maximum absolute atomic E-state index is 10.5. The van der Waals surface area contributed by atoms with Gasteiger partial charge in [-0.15, -0.1) is 0 Å². The lowest BCUT2D eigenvalue weighted by Gasteiger charge is -2.12. The van der Waals surface area contributed by atoms with Crippen molar-refractivity contribution >= 4 is 11.0 Å². The van der Waals surface area contributed by atoms with E-state index in [0.29, 0.717) is 6.54 Å². The molecule has 0 amide bonds. The Labute approximate surface area is 154 Å². The number of imidazole rings is 1. The van der Waals surface area contributed by atoms with E-state index in [1.54, 1.807) is 7.11 Å². The van der Waals surface area contributed by atoms with Gasteiger partial charge in [-0.3, -0.25) is 0 Å². The highest BCUT2D eigenvalue weighted by Crippen LogP contribution is 2.18. The van der Waals surface area contributed by atoms with Crippen LogP contribution in [0.5, 0.6) is 11.5 Å². The second kappa shape index (κ2) is 8.23. The molecular weight excluding hydrogens is 328 g/mol. The summed E-state index contributed by atoms with van der Waals surface area (Å²) in [5.74, 6) is 2.73. The van der Waals surface area contributed by atoms with Crippen LogP contribution in [0, 0.1) is 0 Å². The molecule has 0 spiro atoms. The Kier molecular flexibility index (Phi) is 5.78. The van der Waals surface area contributed by atoms with Gasteiger partial charge in [0.05, 0.1) is 14.2 Å². The molecule has 0 aliphatic heterocycles. The monoisotopic (exact) mass is 355 g/mol. The number of aliphatic hydroxyl groups is 1. The maximum atomic E-state index is 10.5. The zero-order valence-electron chi connectivity index (χ0n) is 15.7. The molecule has 3 rings (SSSR count). The van der Waals surface area contributed by atoms with Crippen LogP contribution in [0.15, 0.2) is 48.5 Å². The molecule has 0 fully saturated rings. The van der Waals surface area contributed by atoms with Crippen molar-refractivity contribution in [2.75, 3.05) is 13.7 Å². The normalized spacial score (nSPS) is 12.3. The second-order valence-electron chi connectivity index (χ2n) is 6.46.